The number of carboxylic acids is 1. The maximum absolute atomic E-state index is 11.6. The normalized spacial score (nSPS) is 20.6. The highest BCUT2D eigenvalue weighted by Crippen LogP contribution is 2.32. The Labute approximate surface area is 134 Å². The minimum absolute atomic E-state index is 0.0857. The van der Waals surface area contributed by atoms with Crippen LogP contribution in [0, 0.1) is 0 Å². The number of carbonyl (C=O) groups is 1. The number of thiophene rings is 1. The molecule has 0 radical (unpaired) electrons. The molecule has 0 saturated carbocycles. The molecule has 2 aromatic rings. The Morgan fingerprint density at radius 1 is 1.41 bits per heavy atom. The number of aliphatic carboxylic acids is 1. The minimum atomic E-state index is -0.707. The van der Waals surface area contributed by atoms with Gasteiger partial charge in [0.15, 0.2) is 0 Å². The molecule has 2 unspecified atom stereocenters. The van der Waals surface area contributed by atoms with Crippen LogP contribution in [0.3, 0.4) is 0 Å². The molecule has 22 heavy (non-hydrogen) atoms. The summed E-state index contributed by atoms with van der Waals surface area (Å²) >= 11 is 1.66. The van der Waals surface area contributed by atoms with E-state index in [9.17, 15) is 9.90 Å². The third kappa shape index (κ3) is 3.36. The number of hydrogen-bond acceptors (Lipinski definition) is 4. The fraction of sp³-hybridized carbons (Fsp3) is 0.412. The SMILES string of the molecule is O=C(O)C1CCCCN1C(Cc1ccccn1)c1ccsc1. The van der Waals surface area contributed by atoms with Crippen molar-refractivity contribution in [2.45, 2.75) is 37.8 Å². The first kappa shape index (κ1) is 15.2. The van der Waals surface area contributed by atoms with E-state index < -0.39 is 5.97 Å². The standard InChI is InChI=1S/C17H20N2O2S/c20-17(21)15-6-2-4-9-19(15)16(13-7-10-22-12-13)11-14-5-1-3-8-18-14/h1,3,5,7-8,10,12,15-16H,2,4,6,9,11H2,(H,20,21). The van der Waals surface area contributed by atoms with E-state index in [1.165, 1.54) is 5.56 Å². The zero-order valence-corrected chi connectivity index (χ0v) is 13.2. The van der Waals surface area contributed by atoms with Gasteiger partial charge >= 0.3 is 5.97 Å². The van der Waals surface area contributed by atoms with Crippen molar-refractivity contribution in [3.05, 3.63) is 52.5 Å². The largest absolute Gasteiger partial charge is 0.480 e. The van der Waals surface area contributed by atoms with Gasteiger partial charge < -0.3 is 5.11 Å². The van der Waals surface area contributed by atoms with Crippen molar-refractivity contribution in [1.82, 2.24) is 9.88 Å². The Hall–Kier alpha value is -1.72. The van der Waals surface area contributed by atoms with Gasteiger partial charge in [0.2, 0.25) is 0 Å². The Morgan fingerprint density at radius 2 is 2.32 bits per heavy atom. The van der Waals surface area contributed by atoms with Crippen molar-refractivity contribution in [3.63, 3.8) is 0 Å². The molecular formula is C17H20N2O2S. The molecule has 116 valence electrons. The van der Waals surface area contributed by atoms with Gasteiger partial charge in [0.05, 0.1) is 0 Å². The Kier molecular flexibility index (Phi) is 4.85. The molecule has 4 nitrogen and oxygen atoms in total. The number of pyridine rings is 1. The molecule has 0 spiro atoms. The number of likely N-dealkylation sites (tertiary alicyclic amines) is 1. The van der Waals surface area contributed by atoms with E-state index in [0.717, 1.165) is 37.9 Å². The number of nitrogens with zero attached hydrogens (tertiary/aromatic N) is 2. The topological polar surface area (TPSA) is 53.4 Å². The Bertz CT molecular complexity index is 600. The van der Waals surface area contributed by atoms with E-state index >= 15 is 0 Å². The molecule has 0 bridgehead atoms. The van der Waals surface area contributed by atoms with Gasteiger partial charge in [0.25, 0.3) is 0 Å². The lowest BCUT2D eigenvalue weighted by Gasteiger charge is -2.39. The van der Waals surface area contributed by atoms with E-state index in [-0.39, 0.29) is 12.1 Å². The van der Waals surface area contributed by atoms with E-state index in [0.29, 0.717) is 0 Å². The first-order valence-corrected chi connectivity index (χ1v) is 8.60. The summed E-state index contributed by atoms with van der Waals surface area (Å²) in [6.45, 7) is 0.838. The Balaban J connectivity index is 1.89. The van der Waals surface area contributed by atoms with Crippen LogP contribution in [0.1, 0.15) is 36.6 Å². The summed E-state index contributed by atoms with van der Waals surface area (Å²) in [6.07, 6.45) is 5.34. The van der Waals surface area contributed by atoms with Crippen LogP contribution in [0.5, 0.6) is 0 Å². The molecule has 0 amide bonds. The number of aromatic nitrogens is 1. The highest BCUT2D eigenvalue weighted by Gasteiger charge is 2.34. The lowest BCUT2D eigenvalue weighted by molar-refractivity contribution is -0.146. The number of carboxylic acid groups (broad SMARTS) is 1. The summed E-state index contributed by atoms with van der Waals surface area (Å²) in [5, 5.41) is 13.7. The van der Waals surface area contributed by atoms with Gasteiger partial charge in [0.1, 0.15) is 6.04 Å². The second-order valence-electron chi connectivity index (χ2n) is 5.69. The van der Waals surface area contributed by atoms with E-state index in [2.05, 4.69) is 26.7 Å². The summed E-state index contributed by atoms with van der Waals surface area (Å²) in [5.74, 6) is -0.707. The molecule has 1 fully saturated rings. The van der Waals surface area contributed by atoms with Crippen LogP contribution in [0.2, 0.25) is 0 Å². The molecule has 5 heteroatoms. The Morgan fingerprint density at radius 3 is 3.00 bits per heavy atom. The molecule has 0 aromatic carbocycles. The van der Waals surface area contributed by atoms with Crippen LogP contribution in [0.25, 0.3) is 0 Å². The summed E-state index contributed by atoms with van der Waals surface area (Å²) in [5.41, 5.74) is 2.21. The maximum Gasteiger partial charge on any atom is 0.320 e. The van der Waals surface area contributed by atoms with E-state index in [4.69, 9.17) is 0 Å². The van der Waals surface area contributed by atoms with Gasteiger partial charge in [-0.15, -0.1) is 0 Å². The monoisotopic (exact) mass is 316 g/mol. The molecule has 1 aliphatic heterocycles. The predicted octanol–water partition coefficient (Wildman–Crippen LogP) is 3.37. The average molecular weight is 316 g/mol. The second-order valence-corrected chi connectivity index (χ2v) is 6.47. The van der Waals surface area contributed by atoms with Crippen molar-refractivity contribution in [2.75, 3.05) is 6.54 Å². The summed E-state index contributed by atoms with van der Waals surface area (Å²) in [6, 6.07) is 7.71. The van der Waals surface area contributed by atoms with Crippen LogP contribution < -0.4 is 0 Å². The van der Waals surface area contributed by atoms with Gasteiger partial charge in [-0.1, -0.05) is 12.5 Å². The van der Waals surface area contributed by atoms with Crippen LogP contribution >= 0.6 is 11.3 Å². The fourth-order valence-corrected chi connectivity index (χ4v) is 3.91. The van der Waals surface area contributed by atoms with Crippen LogP contribution in [0.4, 0.5) is 0 Å². The average Bonchev–Trinajstić information content (AvgIpc) is 3.08. The van der Waals surface area contributed by atoms with E-state index in [1.54, 1.807) is 17.5 Å². The third-order valence-corrected chi connectivity index (χ3v) is 4.99. The van der Waals surface area contributed by atoms with Crippen molar-refractivity contribution >= 4 is 17.3 Å². The second kappa shape index (κ2) is 7.03. The van der Waals surface area contributed by atoms with Gasteiger partial charge in [-0.05, 0) is 53.9 Å². The molecule has 1 N–H and O–H groups in total. The summed E-state index contributed by atoms with van der Waals surface area (Å²) in [4.78, 5) is 18.2. The molecule has 3 heterocycles. The highest BCUT2D eigenvalue weighted by molar-refractivity contribution is 7.07. The zero-order chi connectivity index (χ0) is 15.4. The quantitative estimate of drug-likeness (QED) is 0.919. The number of hydrogen-bond donors (Lipinski definition) is 1. The van der Waals surface area contributed by atoms with E-state index in [1.807, 2.05) is 18.2 Å². The van der Waals surface area contributed by atoms with Crippen molar-refractivity contribution in [2.24, 2.45) is 0 Å². The van der Waals surface area contributed by atoms with Gasteiger partial charge in [0, 0.05) is 24.4 Å². The molecule has 1 saturated heterocycles. The van der Waals surface area contributed by atoms with Crippen LogP contribution in [0.15, 0.2) is 41.2 Å². The van der Waals surface area contributed by atoms with Gasteiger partial charge in [-0.2, -0.15) is 11.3 Å². The number of rotatable bonds is 5. The minimum Gasteiger partial charge on any atom is -0.480 e. The summed E-state index contributed by atoms with van der Waals surface area (Å²) in [7, 11) is 0. The molecule has 3 rings (SSSR count). The number of piperidine rings is 1. The smallest absolute Gasteiger partial charge is 0.320 e. The molecule has 2 atom stereocenters. The lowest BCUT2D eigenvalue weighted by Crippen LogP contribution is -2.47. The third-order valence-electron chi connectivity index (χ3n) is 4.29. The molecular weight excluding hydrogens is 296 g/mol. The van der Waals surface area contributed by atoms with Crippen LogP contribution in [-0.4, -0.2) is 33.5 Å². The molecule has 2 aromatic heterocycles. The zero-order valence-electron chi connectivity index (χ0n) is 12.4. The van der Waals surface area contributed by atoms with Crippen molar-refractivity contribution in [1.29, 1.82) is 0 Å². The summed E-state index contributed by atoms with van der Waals surface area (Å²) < 4.78 is 0. The lowest BCUT2D eigenvalue weighted by atomic mass is 9.95. The van der Waals surface area contributed by atoms with Crippen molar-refractivity contribution < 1.29 is 9.90 Å². The molecule has 0 aliphatic carbocycles. The first-order valence-electron chi connectivity index (χ1n) is 7.66. The van der Waals surface area contributed by atoms with Crippen molar-refractivity contribution in [3.8, 4) is 0 Å². The van der Waals surface area contributed by atoms with Gasteiger partial charge in [-0.25, -0.2) is 0 Å². The first-order chi connectivity index (χ1) is 10.8. The predicted molar refractivity (Wildman–Crippen MR) is 87.0 cm³/mol. The maximum atomic E-state index is 11.6. The fourth-order valence-electron chi connectivity index (χ4n) is 3.20. The van der Waals surface area contributed by atoms with Gasteiger partial charge in [-0.3, -0.25) is 14.7 Å². The van der Waals surface area contributed by atoms with Crippen LogP contribution in [-0.2, 0) is 11.2 Å². The highest BCUT2D eigenvalue weighted by atomic mass is 32.1. The molecule has 1 aliphatic rings.